The highest BCUT2D eigenvalue weighted by Gasteiger charge is 2.18. The van der Waals surface area contributed by atoms with Gasteiger partial charge >= 0.3 is 0 Å². The standard InChI is InChI=1S/C28H28N4/c1-19-29-30-28(31(19)2)21-12-15-23(16-13-21)32-26-11-7-6-10-24(26)25-18-22(14-17-27(25)32)20-8-4-3-5-9-20/h6-7,10-18,20H,3-5,8-9H2,1-2H3. The Morgan fingerprint density at radius 1 is 0.781 bits per heavy atom. The molecule has 0 unspecified atom stereocenters. The van der Waals surface area contributed by atoms with E-state index in [1.165, 1.54) is 65.2 Å². The number of aryl methyl sites for hydroxylation is 1. The molecule has 2 aromatic heterocycles. The second-order valence-electron chi connectivity index (χ2n) is 9.14. The first kappa shape index (κ1) is 19.3. The maximum atomic E-state index is 4.34. The first-order valence-corrected chi connectivity index (χ1v) is 11.7. The van der Waals surface area contributed by atoms with E-state index in [1.807, 2.05) is 18.5 Å². The predicted octanol–water partition coefficient (Wildman–Crippen LogP) is 6.94. The molecule has 1 aliphatic carbocycles. The molecule has 6 rings (SSSR count). The SMILES string of the molecule is Cc1nnc(-c2ccc(-n3c4ccccc4c4cc(C5CCCCC5)ccc43)cc2)n1C. The van der Waals surface area contributed by atoms with Gasteiger partial charge in [-0.2, -0.15) is 0 Å². The summed E-state index contributed by atoms with van der Waals surface area (Å²) in [5.41, 5.74) is 6.29. The van der Waals surface area contributed by atoms with Crippen molar-refractivity contribution >= 4 is 21.8 Å². The van der Waals surface area contributed by atoms with Gasteiger partial charge in [-0.15, -0.1) is 10.2 Å². The van der Waals surface area contributed by atoms with Crippen LogP contribution in [0.25, 0.3) is 38.9 Å². The fraction of sp³-hybridized carbons (Fsp3) is 0.286. The molecule has 0 amide bonds. The number of para-hydroxylation sites is 1. The van der Waals surface area contributed by atoms with Gasteiger partial charge in [0.1, 0.15) is 5.82 Å². The Morgan fingerprint density at radius 3 is 2.28 bits per heavy atom. The van der Waals surface area contributed by atoms with Gasteiger partial charge in [0, 0.05) is 29.1 Å². The van der Waals surface area contributed by atoms with E-state index in [1.54, 1.807) is 0 Å². The van der Waals surface area contributed by atoms with E-state index >= 15 is 0 Å². The molecule has 32 heavy (non-hydrogen) atoms. The molecular formula is C28H28N4. The summed E-state index contributed by atoms with van der Waals surface area (Å²) >= 11 is 0. The molecule has 0 atom stereocenters. The summed E-state index contributed by atoms with van der Waals surface area (Å²) in [6.45, 7) is 1.98. The average Bonchev–Trinajstić information content (AvgIpc) is 3.36. The lowest BCUT2D eigenvalue weighted by Gasteiger charge is -2.22. The summed E-state index contributed by atoms with van der Waals surface area (Å²) in [5, 5.41) is 11.2. The van der Waals surface area contributed by atoms with Gasteiger partial charge in [-0.1, -0.05) is 43.5 Å². The molecule has 4 nitrogen and oxygen atoms in total. The van der Waals surface area contributed by atoms with Crippen molar-refractivity contribution in [1.29, 1.82) is 0 Å². The summed E-state index contributed by atoms with van der Waals surface area (Å²) in [6, 6.07) is 24.6. The van der Waals surface area contributed by atoms with Crippen LogP contribution in [0.15, 0.2) is 66.7 Å². The van der Waals surface area contributed by atoms with E-state index in [9.17, 15) is 0 Å². The number of benzene rings is 3. The smallest absolute Gasteiger partial charge is 0.163 e. The monoisotopic (exact) mass is 420 g/mol. The number of fused-ring (bicyclic) bond motifs is 3. The van der Waals surface area contributed by atoms with Gasteiger partial charge in [0.2, 0.25) is 0 Å². The lowest BCUT2D eigenvalue weighted by Crippen LogP contribution is -2.04. The van der Waals surface area contributed by atoms with Crippen LogP contribution in [0.5, 0.6) is 0 Å². The number of aromatic nitrogens is 4. The van der Waals surface area contributed by atoms with E-state index in [0.717, 1.165) is 17.2 Å². The Bertz CT molecular complexity index is 1420. The van der Waals surface area contributed by atoms with Crippen molar-refractivity contribution < 1.29 is 0 Å². The van der Waals surface area contributed by atoms with Crippen molar-refractivity contribution in [1.82, 2.24) is 19.3 Å². The molecule has 0 bridgehead atoms. The van der Waals surface area contributed by atoms with Crippen molar-refractivity contribution in [2.45, 2.75) is 44.9 Å². The highest BCUT2D eigenvalue weighted by atomic mass is 15.3. The zero-order chi connectivity index (χ0) is 21.7. The summed E-state index contributed by atoms with van der Waals surface area (Å²) in [5.74, 6) is 2.53. The quantitative estimate of drug-likeness (QED) is 0.317. The van der Waals surface area contributed by atoms with Crippen LogP contribution in [-0.4, -0.2) is 19.3 Å². The Morgan fingerprint density at radius 2 is 1.53 bits per heavy atom. The third-order valence-corrected chi connectivity index (χ3v) is 7.25. The predicted molar refractivity (Wildman–Crippen MR) is 131 cm³/mol. The molecule has 5 aromatic rings. The molecule has 160 valence electrons. The van der Waals surface area contributed by atoms with Crippen LogP contribution in [0.2, 0.25) is 0 Å². The normalized spacial score (nSPS) is 15.1. The van der Waals surface area contributed by atoms with Gasteiger partial charge in [-0.25, -0.2) is 0 Å². The number of hydrogen-bond acceptors (Lipinski definition) is 2. The van der Waals surface area contributed by atoms with Crippen molar-refractivity contribution in [3.63, 3.8) is 0 Å². The van der Waals surface area contributed by atoms with Crippen LogP contribution in [0, 0.1) is 6.92 Å². The lowest BCUT2D eigenvalue weighted by molar-refractivity contribution is 0.444. The minimum Gasteiger partial charge on any atom is -0.314 e. The topological polar surface area (TPSA) is 35.6 Å². The molecule has 1 saturated carbocycles. The fourth-order valence-electron chi connectivity index (χ4n) is 5.38. The van der Waals surface area contributed by atoms with Gasteiger partial charge in [-0.3, -0.25) is 0 Å². The molecule has 1 fully saturated rings. The van der Waals surface area contributed by atoms with E-state index in [-0.39, 0.29) is 0 Å². The van der Waals surface area contributed by atoms with Crippen LogP contribution in [0.4, 0.5) is 0 Å². The molecule has 0 radical (unpaired) electrons. The first-order chi connectivity index (χ1) is 15.7. The molecular weight excluding hydrogens is 392 g/mol. The van der Waals surface area contributed by atoms with E-state index in [2.05, 4.69) is 81.5 Å². The van der Waals surface area contributed by atoms with Crippen LogP contribution in [0.1, 0.15) is 49.4 Å². The van der Waals surface area contributed by atoms with Crippen LogP contribution in [-0.2, 0) is 7.05 Å². The van der Waals surface area contributed by atoms with Gasteiger partial charge in [0.25, 0.3) is 0 Å². The average molecular weight is 421 g/mol. The minimum atomic E-state index is 0.712. The van der Waals surface area contributed by atoms with Gasteiger partial charge < -0.3 is 9.13 Å². The Hall–Kier alpha value is -3.40. The largest absolute Gasteiger partial charge is 0.314 e. The van der Waals surface area contributed by atoms with E-state index in [4.69, 9.17) is 0 Å². The zero-order valence-electron chi connectivity index (χ0n) is 18.8. The minimum absolute atomic E-state index is 0.712. The van der Waals surface area contributed by atoms with Gasteiger partial charge in [0.15, 0.2) is 5.82 Å². The van der Waals surface area contributed by atoms with E-state index in [0.29, 0.717) is 5.92 Å². The first-order valence-electron chi connectivity index (χ1n) is 11.7. The lowest BCUT2D eigenvalue weighted by atomic mass is 9.84. The second kappa shape index (κ2) is 7.63. The molecule has 3 aromatic carbocycles. The molecule has 0 aliphatic heterocycles. The van der Waals surface area contributed by atoms with Gasteiger partial charge in [0.05, 0.1) is 11.0 Å². The maximum Gasteiger partial charge on any atom is 0.163 e. The Balaban J connectivity index is 1.48. The van der Waals surface area contributed by atoms with E-state index < -0.39 is 0 Å². The van der Waals surface area contributed by atoms with Crippen molar-refractivity contribution in [2.75, 3.05) is 0 Å². The van der Waals surface area contributed by atoms with Crippen LogP contribution in [0.3, 0.4) is 0 Å². The van der Waals surface area contributed by atoms with Crippen LogP contribution < -0.4 is 0 Å². The highest BCUT2D eigenvalue weighted by Crippen LogP contribution is 2.38. The fourth-order valence-corrected chi connectivity index (χ4v) is 5.38. The summed E-state index contributed by atoms with van der Waals surface area (Å²) in [7, 11) is 2.01. The number of nitrogens with zero attached hydrogens (tertiary/aromatic N) is 4. The molecule has 1 aliphatic rings. The Kier molecular flexibility index (Phi) is 4.60. The number of hydrogen-bond donors (Lipinski definition) is 0. The summed E-state index contributed by atoms with van der Waals surface area (Å²) in [6.07, 6.45) is 6.77. The maximum absolute atomic E-state index is 4.34. The molecule has 0 spiro atoms. The summed E-state index contributed by atoms with van der Waals surface area (Å²) in [4.78, 5) is 0. The molecule has 2 heterocycles. The Labute approximate surface area is 188 Å². The third-order valence-electron chi connectivity index (χ3n) is 7.25. The highest BCUT2D eigenvalue weighted by molar-refractivity contribution is 6.09. The third kappa shape index (κ3) is 3.05. The molecule has 0 saturated heterocycles. The molecule has 4 heteroatoms. The van der Waals surface area contributed by atoms with Crippen molar-refractivity contribution in [2.24, 2.45) is 7.05 Å². The van der Waals surface area contributed by atoms with Gasteiger partial charge in [-0.05, 0) is 73.7 Å². The molecule has 0 N–H and O–H groups in total. The summed E-state index contributed by atoms with van der Waals surface area (Å²) < 4.78 is 4.42. The number of rotatable bonds is 3. The van der Waals surface area contributed by atoms with Crippen molar-refractivity contribution in [3.05, 3.63) is 78.1 Å². The zero-order valence-corrected chi connectivity index (χ0v) is 18.8. The van der Waals surface area contributed by atoms with Crippen molar-refractivity contribution in [3.8, 4) is 17.1 Å². The van der Waals surface area contributed by atoms with Crippen LogP contribution >= 0.6 is 0 Å². The second-order valence-corrected chi connectivity index (χ2v) is 9.14.